The van der Waals surface area contributed by atoms with Crippen molar-refractivity contribution in [3.05, 3.63) is 72.8 Å². The maximum absolute atomic E-state index is 5.90. The molecule has 0 fully saturated rings. The number of ether oxygens (including phenoxy) is 4. The minimum Gasteiger partial charge on any atom is -0.494 e. The van der Waals surface area contributed by atoms with Crippen LogP contribution in [0.5, 0.6) is 34.5 Å². The summed E-state index contributed by atoms with van der Waals surface area (Å²) in [6.07, 6.45) is 4.37. The highest BCUT2D eigenvalue weighted by Crippen LogP contribution is 2.28. The van der Waals surface area contributed by atoms with Crippen LogP contribution in [0.3, 0.4) is 0 Å². The zero-order valence-corrected chi connectivity index (χ0v) is 17.8. The smallest absolute Gasteiger partial charge is 0.127 e. The van der Waals surface area contributed by atoms with Crippen LogP contribution in [-0.2, 0) is 0 Å². The van der Waals surface area contributed by atoms with Crippen molar-refractivity contribution in [1.29, 1.82) is 0 Å². The lowest BCUT2D eigenvalue weighted by Gasteiger charge is -2.10. The summed E-state index contributed by atoms with van der Waals surface area (Å²) in [5.74, 6) is 4.77. The summed E-state index contributed by atoms with van der Waals surface area (Å²) in [6, 6.07) is 22.9. The molecule has 0 unspecified atom stereocenters. The Morgan fingerprint density at radius 2 is 0.700 bits per heavy atom. The average molecular weight is 407 g/mol. The van der Waals surface area contributed by atoms with E-state index in [4.69, 9.17) is 18.9 Å². The summed E-state index contributed by atoms with van der Waals surface area (Å²) < 4.78 is 23.1. The van der Waals surface area contributed by atoms with Gasteiger partial charge in [0.1, 0.15) is 34.5 Å². The van der Waals surface area contributed by atoms with Crippen LogP contribution >= 0.6 is 0 Å². The summed E-state index contributed by atoms with van der Waals surface area (Å²) >= 11 is 0. The van der Waals surface area contributed by atoms with Gasteiger partial charge < -0.3 is 18.9 Å². The van der Waals surface area contributed by atoms with Crippen molar-refractivity contribution in [3.8, 4) is 34.5 Å². The van der Waals surface area contributed by atoms with Crippen molar-refractivity contribution in [3.63, 3.8) is 0 Å². The highest BCUT2D eigenvalue weighted by molar-refractivity contribution is 5.40. The molecule has 158 valence electrons. The molecular weight excluding hydrogens is 376 g/mol. The van der Waals surface area contributed by atoms with E-state index in [1.807, 2.05) is 72.8 Å². The molecule has 0 aliphatic rings. The summed E-state index contributed by atoms with van der Waals surface area (Å²) in [5.41, 5.74) is 0. The molecule has 4 nitrogen and oxygen atoms in total. The van der Waals surface area contributed by atoms with E-state index in [-0.39, 0.29) is 0 Å². The molecule has 0 saturated carbocycles. The molecule has 0 N–H and O–H groups in total. The molecule has 0 aromatic heterocycles. The molecule has 3 aromatic carbocycles. The Labute approximate surface area is 179 Å². The SMILES string of the molecule is CCCCOc1ccc(Oc2ccc(Oc3ccc(OCCCC)cc3)cc2)cc1. The van der Waals surface area contributed by atoms with Gasteiger partial charge in [-0.2, -0.15) is 0 Å². The van der Waals surface area contributed by atoms with Crippen molar-refractivity contribution < 1.29 is 18.9 Å². The zero-order valence-electron chi connectivity index (χ0n) is 17.8. The quantitative estimate of drug-likeness (QED) is 0.290. The molecule has 30 heavy (non-hydrogen) atoms. The van der Waals surface area contributed by atoms with E-state index in [2.05, 4.69) is 13.8 Å². The van der Waals surface area contributed by atoms with Gasteiger partial charge in [0, 0.05) is 0 Å². The minimum atomic E-state index is 0.743. The van der Waals surface area contributed by atoms with Crippen LogP contribution in [0.25, 0.3) is 0 Å². The van der Waals surface area contributed by atoms with Crippen molar-refractivity contribution in [2.24, 2.45) is 0 Å². The molecular formula is C26H30O4. The molecule has 3 rings (SSSR count). The minimum absolute atomic E-state index is 0.743. The van der Waals surface area contributed by atoms with Gasteiger partial charge in [-0.25, -0.2) is 0 Å². The van der Waals surface area contributed by atoms with Crippen LogP contribution in [0.2, 0.25) is 0 Å². The van der Waals surface area contributed by atoms with Crippen LogP contribution in [0.15, 0.2) is 72.8 Å². The van der Waals surface area contributed by atoms with Gasteiger partial charge >= 0.3 is 0 Å². The topological polar surface area (TPSA) is 36.9 Å². The summed E-state index contributed by atoms with van der Waals surface area (Å²) in [4.78, 5) is 0. The Morgan fingerprint density at radius 3 is 0.967 bits per heavy atom. The van der Waals surface area contributed by atoms with E-state index in [0.717, 1.165) is 73.4 Å². The van der Waals surface area contributed by atoms with Crippen molar-refractivity contribution in [1.82, 2.24) is 0 Å². The van der Waals surface area contributed by atoms with E-state index in [9.17, 15) is 0 Å². The van der Waals surface area contributed by atoms with E-state index in [1.54, 1.807) is 0 Å². The Balaban J connectivity index is 1.50. The molecule has 4 heteroatoms. The third kappa shape index (κ3) is 7.03. The summed E-state index contributed by atoms with van der Waals surface area (Å²) in [5, 5.41) is 0. The molecule has 0 aliphatic heterocycles. The van der Waals surface area contributed by atoms with Crippen LogP contribution in [0, 0.1) is 0 Å². The van der Waals surface area contributed by atoms with Gasteiger partial charge in [0.2, 0.25) is 0 Å². The van der Waals surface area contributed by atoms with Gasteiger partial charge in [-0.3, -0.25) is 0 Å². The fourth-order valence-corrected chi connectivity index (χ4v) is 2.72. The molecule has 0 saturated heterocycles. The first-order chi connectivity index (χ1) is 14.8. The Morgan fingerprint density at radius 1 is 0.433 bits per heavy atom. The summed E-state index contributed by atoms with van der Waals surface area (Å²) in [6.45, 7) is 5.78. The second kappa shape index (κ2) is 11.8. The predicted octanol–water partition coefficient (Wildman–Crippen LogP) is 7.63. The maximum atomic E-state index is 5.90. The second-order valence-corrected chi connectivity index (χ2v) is 7.02. The molecule has 0 heterocycles. The van der Waals surface area contributed by atoms with Gasteiger partial charge in [0.05, 0.1) is 13.2 Å². The standard InChI is InChI=1S/C26H30O4/c1-3-5-19-27-21-7-11-23(12-8-21)29-25-15-17-26(18-16-25)30-24-13-9-22(10-14-24)28-20-6-4-2/h7-18H,3-6,19-20H2,1-2H3. The normalized spacial score (nSPS) is 10.5. The van der Waals surface area contributed by atoms with Crippen molar-refractivity contribution >= 4 is 0 Å². The molecule has 3 aromatic rings. The van der Waals surface area contributed by atoms with Crippen LogP contribution in [0.4, 0.5) is 0 Å². The highest BCUT2D eigenvalue weighted by atomic mass is 16.5. The molecule has 0 aliphatic carbocycles. The second-order valence-electron chi connectivity index (χ2n) is 7.02. The number of hydrogen-bond donors (Lipinski definition) is 0. The van der Waals surface area contributed by atoms with E-state index in [1.165, 1.54) is 0 Å². The Bertz CT molecular complexity index is 781. The van der Waals surface area contributed by atoms with Gasteiger partial charge in [-0.05, 0) is 85.6 Å². The molecule has 0 amide bonds. The molecule has 0 radical (unpaired) electrons. The van der Waals surface area contributed by atoms with Gasteiger partial charge in [-0.15, -0.1) is 0 Å². The largest absolute Gasteiger partial charge is 0.494 e. The lowest BCUT2D eigenvalue weighted by Crippen LogP contribution is -1.96. The van der Waals surface area contributed by atoms with E-state index < -0.39 is 0 Å². The number of hydrogen-bond acceptors (Lipinski definition) is 4. The molecule has 0 bridgehead atoms. The third-order valence-electron chi connectivity index (χ3n) is 4.48. The van der Waals surface area contributed by atoms with Crippen LogP contribution < -0.4 is 18.9 Å². The monoisotopic (exact) mass is 406 g/mol. The number of unbranched alkanes of at least 4 members (excludes halogenated alkanes) is 2. The third-order valence-corrected chi connectivity index (χ3v) is 4.48. The first-order valence-corrected chi connectivity index (χ1v) is 10.7. The number of rotatable bonds is 12. The Kier molecular flexibility index (Phi) is 8.46. The fourth-order valence-electron chi connectivity index (χ4n) is 2.72. The van der Waals surface area contributed by atoms with Crippen molar-refractivity contribution in [2.45, 2.75) is 39.5 Å². The van der Waals surface area contributed by atoms with Crippen LogP contribution in [-0.4, -0.2) is 13.2 Å². The van der Waals surface area contributed by atoms with Gasteiger partial charge in [0.15, 0.2) is 0 Å². The van der Waals surface area contributed by atoms with E-state index in [0.29, 0.717) is 0 Å². The molecule has 0 spiro atoms. The van der Waals surface area contributed by atoms with Gasteiger partial charge in [-0.1, -0.05) is 26.7 Å². The highest BCUT2D eigenvalue weighted by Gasteiger charge is 2.02. The van der Waals surface area contributed by atoms with E-state index >= 15 is 0 Å². The molecule has 0 atom stereocenters. The Hall–Kier alpha value is -3.14. The van der Waals surface area contributed by atoms with Gasteiger partial charge in [0.25, 0.3) is 0 Å². The lowest BCUT2D eigenvalue weighted by molar-refractivity contribution is 0.309. The first kappa shape index (κ1) is 21.6. The maximum Gasteiger partial charge on any atom is 0.127 e. The summed E-state index contributed by atoms with van der Waals surface area (Å²) in [7, 11) is 0. The van der Waals surface area contributed by atoms with Crippen molar-refractivity contribution in [2.75, 3.05) is 13.2 Å². The zero-order chi connectivity index (χ0) is 21.0. The lowest BCUT2D eigenvalue weighted by atomic mass is 10.3. The van der Waals surface area contributed by atoms with Crippen LogP contribution in [0.1, 0.15) is 39.5 Å². The average Bonchev–Trinajstić information content (AvgIpc) is 2.78. The fraction of sp³-hybridized carbons (Fsp3) is 0.308. The number of benzene rings is 3. The first-order valence-electron chi connectivity index (χ1n) is 10.7. The predicted molar refractivity (Wildman–Crippen MR) is 120 cm³/mol.